The molecule has 0 atom stereocenters. The van der Waals surface area contributed by atoms with Crippen molar-refractivity contribution in [1.29, 1.82) is 0 Å². The minimum atomic E-state index is 1.08. The Morgan fingerprint density at radius 1 is 1.55 bits per heavy atom. The van der Waals surface area contributed by atoms with E-state index in [2.05, 4.69) is 25.7 Å². The Hall–Kier alpha value is -0.980. The summed E-state index contributed by atoms with van der Waals surface area (Å²) in [5.41, 5.74) is 2.55. The number of hydrogen-bond donors (Lipinski definition) is 1. The summed E-state index contributed by atoms with van der Waals surface area (Å²) in [6.45, 7) is 7.89. The Bertz CT molecular complexity index is 175. The summed E-state index contributed by atoms with van der Waals surface area (Å²) in [4.78, 5) is 0. The fraction of sp³-hybridized carbons (Fsp3) is 0.400. The van der Waals surface area contributed by atoms with E-state index in [0.717, 1.165) is 6.42 Å². The van der Waals surface area contributed by atoms with E-state index in [1.807, 2.05) is 19.2 Å². The molecule has 0 amide bonds. The van der Waals surface area contributed by atoms with Crippen molar-refractivity contribution in [2.24, 2.45) is 0 Å². The molecule has 11 heavy (non-hydrogen) atoms. The fourth-order valence-electron chi connectivity index (χ4n) is 0.794. The van der Waals surface area contributed by atoms with Gasteiger partial charge in [0.25, 0.3) is 0 Å². The number of hydrogen-bond acceptors (Lipinski definition) is 1. The lowest BCUT2D eigenvalue weighted by molar-refractivity contribution is 0.955. The van der Waals surface area contributed by atoms with Crippen LogP contribution in [0.3, 0.4) is 0 Å². The summed E-state index contributed by atoms with van der Waals surface area (Å²) in [5, 5.41) is 3.13. The van der Waals surface area contributed by atoms with E-state index >= 15 is 0 Å². The third-order valence-corrected chi connectivity index (χ3v) is 1.66. The predicted octanol–water partition coefficient (Wildman–Crippen LogP) is 2.63. The van der Waals surface area contributed by atoms with Gasteiger partial charge in [0.1, 0.15) is 0 Å². The van der Waals surface area contributed by atoms with Gasteiger partial charge in [0, 0.05) is 12.7 Å². The molecule has 0 radical (unpaired) electrons. The maximum Gasteiger partial charge on any atom is 0.0326 e. The predicted molar refractivity (Wildman–Crippen MR) is 51.4 cm³/mol. The van der Waals surface area contributed by atoms with E-state index in [9.17, 15) is 0 Å². The molecular weight excluding hydrogens is 134 g/mol. The van der Waals surface area contributed by atoms with Gasteiger partial charge in [-0.3, -0.25) is 0 Å². The van der Waals surface area contributed by atoms with Crippen molar-refractivity contribution in [3.63, 3.8) is 0 Å². The number of nitrogens with one attached hydrogen (secondary N) is 1. The standard InChI is InChI=1S/C10H17N/c1-5-7-8-10(11-4)9(3)6-2/h5,7-8,11H,1,6H2,2-4H3/b8-7-,10-9-. The third kappa shape index (κ3) is 3.66. The molecule has 0 aromatic heterocycles. The summed E-state index contributed by atoms with van der Waals surface area (Å²) in [5.74, 6) is 0. The van der Waals surface area contributed by atoms with Crippen molar-refractivity contribution in [3.05, 3.63) is 36.1 Å². The molecule has 0 spiro atoms. The van der Waals surface area contributed by atoms with Crippen LogP contribution in [0.2, 0.25) is 0 Å². The van der Waals surface area contributed by atoms with Gasteiger partial charge in [-0.15, -0.1) is 0 Å². The van der Waals surface area contributed by atoms with Gasteiger partial charge in [-0.1, -0.05) is 31.2 Å². The molecule has 0 aromatic carbocycles. The van der Waals surface area contributed by atoms with Gasteiger partial charge in [0.15, 0.2) is 0 Å². The van der Waals surface area contributed by atoms with Gasteiger partial charge in [-0.05, 0) is 19.4 Å². The van der Waals surface area contributed by atoms with Crippen molar-refractivity contribution >= 4 is 0 Å². The normalized spacial score (nSPS) is 13.0. The van der Waals surface area contributed by atoms with Gasteiger partial charge in [0.05, 0.1) is 0 Å². The van der Waals surface area contributed by atoms with Crippen molar-refractivity contribution in [2.75, 3.05) is 7.05 Å². The Kier molecular flexibility index (Phi) is 5.26. The van der Waals surface area contributed by atoms with Gasteiger partial charge in [-0.25, -0.2) is 0 Å². The number of likely N-dealkylation sites (N-methyl/N-ethyl adjacent to an activating group) is 1. The van der Waals surface area contributed by atoms with Crippen LogP contribution in [0.15, 0.2) is 36.1 Å². The highest BCUT2D eigenvalue weighted by molar-refractivity contribution is 5.24. The first kappa shape index (κ1) is 10.0. The van der Waals surface area contributed by atoms with Gasteiger partial charge in [-0.2, -0.15) is 0 Å². The molecule has 0 heterocycles. The molecule has 1 heteroatoms. The number of rotatable bonds is 4. The van der Waals surface area contributed by atoms with Crippen LogP contribution in [0.1, 0.15) is 20.3 Å². The smallest absolute Gasteiger partial charge is 0.0326 e. The highest BCUT2D eigenvalue weighted by Gasteiger charge is 1.91. The first-order valence-corrected chi connectivity index (χ1v) is 3.92. The van der Waals surface area contributed by atoms with Crippen molar-refractivity contribution < 1.29 is 0 Å². The molecule has 0 aliphatic rings. The first-order valence-electron chi connectivity index (χ1n) is 3.92. The summed E-state index contributed by atoms with van der Waals surface area (Å²) in [7, 11) is 1.93. The largest absolute Gasteiger partial charge is 0.388 e. The molecule has 1 nitrogen and oxygen atoms in total. The topological polar surface area (TPSA) is 12.0 Å². The Balaban J connectivity index is 4.37. The molecule has 0 saturated heterocycles. The summed E-state index contributed by atoms with van der Waals surface area (Å²) in [6.07, 6.45) is 6.83. The summed E-state index contributed by atoms with van der Waals surface area (Å²) < 4.78 is 0. The van der Waals surface area contributed by atoms with Crippen LogP contribution >= 0.6 is 0 Å². The molecule has 0 bridgehead atoms. The molecule has 1 N–H and O–H groups in total. The second-order valence-corrected chi connectivity index (χ2v) is 2.39. The quantitative estimate of drug-likeness (QED) is 0.609. The summed E-state index contributed by atoms with van der Waals surface area (Å²) >= 11 is 0. The summed E-state index contributed by atoms with van der Waals surface area (Å²) in [6, 6.07) is 0. The van der Waals surface area contributed by atoms with Crippen LogP contribution in [-0.4, -0.2) is 7.05 Å². The van der Waals surface area contributed by atoms with E-state index in [-0.39, 0.29) is 0 Å². The Labute approximate surface area is 69.5 Å². The SMILES string of the molecule is C=C/C=C\C(NC)=C(/C)CC. The molecule has 62 valence electrons. The van der Waals surface area contributed by atoms with Gasteiger partial charge in [0.2, 0.25) is 0 Å². The zero-order valence-electron chi connectivity index (χ0n) is 7.65. The third-order valence-electron chi connectivity index (χ3n) is 1.66. The zero-order valence-corrected chi connectivity index (χ0v) is 7.65. The number of allylic oxidation sites excluding steroid dienone is 4. The van der Waals surface area contributed by atoms with E-state index in [0.29, 0.717) is 0 Å². The van der Waals surface area contributed by atoms with E-state index in [4.69, 9.17) is 0 Å². The molecule has 0 saturated carbocycles. The van der Waals surface area contributed by atoms with Crippen LogP contribution in [0.5, 0.6) is 0 Å². The molecule has 0 unspecified atom stereocenters. The fourth-order valence-corrected chi connectivity index (χ4v) is 0.794. The Morgan fingerprint density at radius 2 is 2.18 bits per heavy atom. The van der Waals surface area contributed by atoms with Gasteiger partial charge < -0.3 is 5.32 Å². The molecule has 0 fully saturated rings. The molecule has 0 aliphatic heterocycles. The molecule has 0 aliphatic carbocycles. The molecular formula is C10H17N. The first-order chi connectivity index (χ1) is 5.26. The Morgan fingerprint density at radius 3 is 2.55 bits per heavy atom. The highest BCUT2D eigenvalue weighted by Crippen LogP contribution is 2.05. The van der Waals surface area contributed by atoms with Crippen LogP contribution in [0.4, 0.5) is 0 Å². The van der Waals surface area contributed by atoms with Crippen molar-refractivity contribution in [2.45, 2.75) is 20.3 Å². The lowest BCUT2D eigenvalue weighted by Crippen LogP contribution is -2.05. The van der Waals surface area contributed by atoms with Crippen molar-refractivity contribution in [1.82, 2.24) is 5.32 Å². The van der Waals surface area contributed by atoms with Crippen LogP contribution in [0.25, 0.3) is 0 Å². The molecule has 0 aromatic rings. The van der Waals surface area contributed by atoms with E-state index in [1.165, 1.54) is 11.3 Å². The lowest BCUT2D eigenvalue weighted by Gasteiger charge is -2.04. The van der Waals surface area contributed by atoms with Crippen LogP contribution in [-0.2, 0) is 0 Å². The minimum absolute atomic E-state index is 1.08. The van der Waals surface area contributed by atoms with E-state index < -0.39 is 0 Å². The van der Waals surface area contributed by atoms with Crippen LogP contribution in [0, 0.1) is 0 Å². The van der Waals surface area contributed by atoms with E-state index in [1.54, 1.807) is 6.08 Å². The zero-order chi connectivity index (χ0) is 8.69. The lowest BCUT2D eigenvalue weighted by atomic mass is 10.1. The molecule has 0 rings (SSSR count). The van der Waals surface area contributed by atoms with Crippen molar-refractivity contribution in [3.8, 4) is 0 Å². The van der Waals surface area contributed by atoms with Gasteiger partial charge >= 0.3 is 0 Å². The second-order valence-electron chi connectivity index (χ2n) is 2.39. The second kappa shape index (κ2) is 5.78. The maximum absolute atomic E-state index is 3.61. The minimum Gasteiger partial charge on any atom is -0.388 e. The highest BCUT2D eigenvalue weighted by atomic mass is 14.8. The van der Waals surface area contributed by atoms with Crippen LogP contribution < -0.4 is 5.32 Å². The average Bonchev–Trinajstić information content (AvgIpc) is 2.05. The maximum atomic E-state index is 3.61. The monoisotopic (exact) mass is 151 g/mol. The average molecular weight is 151 g/mol.